The van der Waals surface area contributed by atoms with Crippen LogP contribution in [0, 0.1) is 0 Å². The molecule has 0 unspecified atom stereocenters. The number of para-hydroxylation sites is 1. The zero-order valence-electron chi connectivity index (χ0n) is 32.8. The topological polar surface area (TPSA) is 65.0 Å². The van der Waals surface area contributed by atoms with Gasteiger partial charge in [-0.1, -0.05) is 147 Å². The largest absolute Gasteiger partial charge is 0.456 e. The standard InChI is InChI=1S/C54H35N3O2S/c1-54(2)42-15-7-9-18-48(42)60-49-28-25-35(29-43(49)54)38-14-10-17-45-50(38)41-27-24-37(31-47(41)59-45)53-56-51(34-21-19-33(20-22-34)32-11-4-3-5-12-32)55-52(57-53)36-23-26-40-39-13-6-8-16-44(39)58-46(40)30-36/h3-31H,1-2H3. The summed E-state index contributed by atoms with van der Waals surface area (Å²) in [6.45, 7) is 4.66. The molecule has 284 valence electrons. The molecule has 0 bridgehead atoms. The van der Waals surface area contributed by atoms with E-state index < -0.39 is 0 Å². The highest BCUT2D eigenvalue weighted by Gasteiger charge is 2.33. The molecule has 4 heterocycles. The van der Waals surface area contributed by atoms with Crippen molar-refractivity contribution in [1.29, 1.82) is 0 Å². The van der Waals surface area contributed by atoms with Gasteiger partial charge in [-0.3, -0.25) is 0 Å². The first-order valence-electron chi connectivity index (χ1n) is 20.2. The molecule has 0 N–H and O–H groups in total. The van der Waals surface area contributed by atoms with Crippen molar-refractivity contribution in [3.8, 4) is 56.4 Å². The summed E-state index contributed by atoms with van der Waals surface area (Å²) in [4.78, 5) is 17.9. The number of benzene rings is 8. The minimum absolute atomic E-state index is 0.127. The van der Waals surface area contributed by atoms with E-state index in [-0.39, 0.29) is 5.41 Å². The molecule has 0 amide bonds. The summed E-state index contributed by atoms with van der Waals surface area (Å²) in [5, 5.41) is 4.27. The second-order valence-electron chi connectivity index (χ2n) is 16.0. The first-order chi connectivity index (χ1) is 29.4. The molecule has 12 rings (SSSR count). The van der Waals surface area contributed by atoms with E-state index in [1.807, 2.05) is 42.1 Å². The number of furan rings is 2. The molecule has 0 atom stereocenters. The molecule has 11 aromatic rings. The number of rotatable bonds is 5. The van der Waals surface area contributed by atoms with Crippen LogP contribution in [-0.2, 0) is 5.41 Å². The normalized spacial score (nSPS) is 13.2. The smallest absolute Gasteiger partial charge is 0.164 e. The zero-order valence-corrected chi connectivity index (χ0v) is 33.6. The van der Waals surface area contributed by atoms with E-state index in [0.717, 1.165) is 77.3 Å². The van der Waals surface area contributed by atoms with Gasteiger partial charge < -0.3 is 8.83 Å². The van der Waals surface area contributed by atoms with Gasteiger partial charge in [-0.15, -0.1) is 0 Å². The van der Waals surface area contributed by atoms with Gasteiger partial charge in [-0.05, 0) is 88.0 Å². The lowest BCUT2D eigenvalue weighted by atomic mass is 9.77. The van der Waals surface area contributed by atoms with E-state index in [9.17, 15) is 0 Å². The van der Waals surface area contributed by atoms with Crippen LogP contribution in [0.25, 0.3) is 100 Å². The Balaban J connectivity index is 0.977. The molecule has 0 aliphatic carbocycles. The van der Waals surface area contributed by atoms with E-state index in [1.54, 1.807) is 0 Å². The van der Waals surface area contributed by atoms with Crippen LogP contribution in [0.15, 0.2) is 195 Å². The molecule has 0 saturated carbocycles. The molecular weight excluding hydrogens is 755 g/mol. The molecule has 3 aromatic heterocycles. The molecule has 60 heavy (non-hydrogen) atoms. The van der Waals surface area contributed by atoms with Crippen molar-refractivity contribution < 1.29 is 8.83 Å². The Labute approximate surface area is 350 Å². The molecule has 1 aliphatic heterocycles. The average Bonchev–Trinajstić information content (AvgIpc) is 3.87. The van der Waals surface area contributed by atoms with Crippen LogP contribution >= 0.6 is 11.8 Å². The van der Waals surface area contributed by atoms with Gasteiger partial charge in [0.25, 0.3) is 0 Å². The van der Waals surface area contributed by atoms with E-state index in [2.05, 4.69) is 159 Å². The highest BCUT2D eigenvalue weighted by molar-refractivity contribution is 7.99. The lowest BCUT2D eigenvalue weighted by molar-refractivity contribution is 0.607. The summed E-state index contributed by atoms with van der Waals surface area (Å²) in [6.07, 6.45) is 0. The Morgan fingerprint density at radius 2 is 0.933 bits per heavy atom. The number of aromatic nitrogens is 3. The molecule has 8 aromatic carbocycles. The third kappa shape index (κ3) is 5.59. The van der Waals surface area contributed by atoms with Crippen molar-refractivity contribution in [1.82, 2.24) is 15.0 Å². The minimum Gasteiger partial charge on any atom is -0.456 e. The summed E-state index contributed by atoms with van der Waals surface area (Å²) in [5.74, 6) is 1.71. The second-order valence-corrected chi connectivity index (χ2v) is 17.1. The predicted molar refractivity (Wildman–Crippen MR) is 244 cm³/mol. The molecule has 0 spiro atoms. The molecular formula is C54H35N3O2S. The summed E-state index contributed by atoms with van der Waals surface area (Å²) >= 11 is 1.86. The van der Waals surface area contributed by atoms with Crippen LogP contribution in [0.4, 0.5) is 0 Å². The van der Waals surface area contributed by atoms with Crippen molar-refractivity contribution in [2.24, 2.45) is 0 Å². The predicted octanol–water partition coefficient (Wildman–Crippen LogP) is 14.8. The quantitative estimate of drug-likeness (QED) is 0.173. The fraction of sp³-hybridized carbons (Fsp3) is 0.0556. The molecule has 5 nitrogen and oxygen atoms in total. The lowest BCUT2D eigenvalue weighted by Gasteiger charge is -2.34. The van der Waals surface area contributed by atoms with Gasteiger partial charge in [0.15, 0.2) is 17.5 Å². The summed E-state index contributed by atoms with van der Waals surface area (Å²) in [5.41, 5.74) is 13.0. The van der Waals surface area contributed by atoms with Crippen LogP contribution in [0.3, 0.4) is 0 Å². The SMILES string of the molecule is CC1(C)c2ccccc2Sc2ccc(-c3cccc4oc5cc(-c6nc(-c7ccc(-c8ccccc8)cc7)nc(-c7ccc8c(c7)oc7ccccc78)n6)ccc5c34)cc21. The first-order valence-corrected chi connectivity index (χ1v) is 21.0. The number of hydrogen-bond acceptors (Lipinski definition) is 6. The van der Waals surface area contributed by atoms with E-state index in [4.69, 9.17) is 23.8 Å². The van der Waals surface area contributed by atoms with Crippen LogP contribution in [0.1, 0.15) is 25.0 Å². The van der Waals surface area contributed by atoms with Gasteiger partial charge in [-0.2, -0.15) is 0 Å². The Morgan fingerprint density at radius 3 is 1.73 bits per heavy atom. The average molecular weight is 790 g/mol. The minimum atomic E-state index is -0.127. The third-order valence-electron chi connectivity index (χ3n) is 12.0. The fourth-order valence-corrected chi connectivity index (χ4v) is 10.3. The number of hydrogen-bond donors (Lipinski definition) is 0. The molecule has 0 saturated heterocycles. The van der Waals surface area contributed by atoms with Crippen molar-refractivity contribution >= 4 is 55.6 Å². The number of fused-ring (bicyclic) bond motifs is 8. The van der Waals surface area contributed by atoms with Gasteiger partial charge >= 0.3 is 0 Å². The van der Waals surface area contributed by atoms with E-state index >= 15 is 0 Å². The Morgan fingerprint density at radius 1 is 0.383 bits per heavy atom. The van der Waals surface area contributed by atoms with E-state index in [0.29, 0.717) is 17.5 Å². The summed E-state index contributed by atoms with van der Waals surface area (Å²) in [7, 11) is 0. The van der Waals surface area contributed by atoms with Gasteiger partial charge in [0.05, 0.1) is 0 Å². The maximum Gasteiger partial charge on any atom is 0.164 e. The summed E-state index contributed by atoms with van der Waals surface area (Å²) < 4.78 is 12.9. The van der Waals surface area contributed by atoms with Crippen molar-refractivity contribution in [3.05, 3.63) is 187 Å². The molecule has 0 fully saturated rings. The van der Waals surface area contributed by atoms with Crippen LogP contribution in [0.2, 0.25) is 0 Å². The Kier molecular flexibility index (Phi) is 7.75. The lowest BCUT2D eigenvalue weighted by Crippen LogP contribution is -2.23. The molecule has 0 radical (unpaired) electrons. The maximum absolute atomic E-state index is 6.65. The summed E-state index contributed by atoms with van der Waals surface area (Å²) in [6, 6.07) is 61.4. The van der Waals surface area contributed by atoms with Crippen molar-refractivity contribution in [2.45, 2.75) is 29.1 Å². The van der Waals surface area contributed by atoms with Crippen molar-refractivity contribution in [2.75, 3.05) is 0 Å². The first kappa shape index (κ1) is 34.7. The second kappa shape index (κ2) is 13.4. The van der Waals surface area contributed by atoms with Gasteiger partial charge in [0.1, 0.15) is 22.3 Å². The van der Waals surface area contributed by atoms with E-state index in [1.165, 1.54) is 26.5 Å². The molecule has 1 aliphatic rings. The van der Waals surface area contributed by atoms with Crippen molar-refractivity contribution in [3.63, 3.8) is 0 Å². The van der Waals surface area contributed by atoms with Gasteiger partial charge in [0, 0.05) is 53.4 Å². The van der Waals surface area contributed by atoms with Crippen LogP contribution < -0.4 is 0 Å². The van der Waals surface area contributed by atoms with Crippen LogP contribution in [0.5, 0.6) is 0 Å². The number of nitrogens with zero attached hydrogens (tertiary/aromatic N) is 3. The fourth-order valence-electron chi connectivity index (χ4n) is 8.89. The Bertz CT molecular complexity index is 3490. The van der Waals surface area contributed by atoms with Gasteiger partial charge in [0.2, 0.25) is 0 Å². The van der Waals surface area contributed by atoms with Gasteiger partial charge in [-0.25, -0.2) is 15.0 Å². The highest BCUT2D eigenvalue weighted by Crippen LogP contribution is 2.50. The maximum atomic E-state index is 6.65. The van der Waals surface area contributed by atoms with Crippen LogP contribution in [-0.4, -0.2) is 15.0 Å². The molecule has 6 heteroatoms. The highest BCUT2D eigenvalue weighted by atomic mass is 32.2. The zero-order chi connectivity index (χ0) is 40.0. The third-order valence-corrected chi connectivity index (χ3v) is 13.2. The Hall–Kier alpha value is -7.28. The monoisotopic (exact) mass is 789 g/mol.